The summed E-state index contributed by atoms with van der Waals surface area (Å²) in [6.45, 7) is 0.970. The van der Waals surface area contributed by atoms with Gasteiger partial charge < -0.3 is 10.1 Å². The summed E-state index contributed by atoms with van der Waals surface area (Å²) in [5.74, 6) is -2.06. The SMILES string of the molecule is O=C(NC1CCOC1)c1c(F)ccc(F)c1Br. The second kappa shape index (κ2) is 5.10. The van der Waals surface area contributed by atoms with Gasteiger partial charge in [0.15, 0.2) is 0 Å². The van der Waals surface area contributed by atoms with Crippen molar-refractivity contribution in [3.63, 3.8) is 0 Å². The number of nitrogens with one attached hydrogen (secondary N) is 1. The van der Waals surface area contributed by atoms with Crippen LogP contribution in [0.5, 0.6) is 0 Å². The maximum Gasteiger partial charge on any atom is 0.255 e. The lowest BCUT2D eigenvalue weighted by atomic mass is 10.1. The first-order chi connectivity index (χ1) is 8.09. The van der Waals surface area contributed by atoms with Gasteiger partial charge in [0.25, 0.3) is 5.91 Å². The molecule has 0 bridgehead atoms. The van der Waals surface area contributed by atoms with E-state index in [0.717, 1.165) is 12.1 Å². The number of hydrogen-bond donors (Lipinski definition) is 1. The summed E-state index contributed by atoms with van der Waals surface area (Å²) >= 11 is 2.87. The van der Waals surface area contributed by atoms with Crippen LogP contribution in [0.25, 0.3) is 0 Å². The van der Waals surface area contributed by atoms with Crippen molar-refractivity contribution in [2.24, 2.45) is 0 Å². The minimum absolute atomic E-state index is 0.142. The summed E-state index contributed by atoms with van der Waals surface area (Å²) in [5, 5.41) is 2.60. The molecule has 0 aromatic heterocycles. The second-order valence-electron chi connectivity index (χ2n) is 3.75. The lowest BCUT2D eigenvalue weighted by Crippen LogP contribution is -2.35. The van der Waals surface area contributed by atoms with Gasteiger partial charge in [0.1, 0.15) is 11.6 Å². The van der Waals surface area contributed by atoms with Gasteiger partial charge in [-0.05, 0) is 34.5 Å². The molecule has 0 spiro atoms. The smallest absolute Gasteiger partial charge is 0.255 e. The molecule has 1 aliphatic rings. The molecule has 1 amide bonds. The summed E-state index contributed by atoms with van der Waals surface area (Å²) < 4.78 is 31.6. The quantitative estimate of drug-likeness (QED) is 0.851. The van der Waals surface area contributed by atoms with Crippen molar-refractivity contribution in [1.82, 2.24) is 5.32 Å². The van der Waals surface area contributed by atoms with Crippen LogP contribution < -0.4 is 5.32 Å². The molecule has 1 aromatic carbocycles. The first kappa shape index (κ1) is 12.4. The summed E-state index contributed by atoms with van der Waals surface area (Å²) in [6.07, 6.45) is 0.681. The topological polar surface area (TPSA) is 38.3 Å². The van der Waals surface area contributed by atoms with Crippen molar-refractivity contribution in [3.05, 3.63) is 33.8 Å². The highest BCUT2D eigenvalue weighted by atomic mass is 79.9. The van der Waals surface area contributed by atoms with E-state index >= 15 is 0 Å². The van der Waals surface area contributed by atoms with E-state index in [1.165, 1.54) is 0 Å². The number of ether oxygens (including phenoxy) is 1. The fraction of sp³-hybridized carbons (Fsp3) is 0.364. The number of benzene rings is 1. The van der Waals surface area contributed by atoms with Gasteiger partial charge in [-0.1, -0.05) is 0 Å². The molecule has 1 unspecified atom stereocenters. The van der Waals surface area contributed by atoms with Crippen molar-refractivity contribution in [2.75, 3.05) is 13.2 Å². The molecule has 1 N–H and O–H groups in total. The first-order valence-electron chi connectivity index (χ1n) is 5.11. The predicted molar refractivity (Wildman–Crippen MR) is 60.7 cm³/mol. The van der Waals surface area contributed by atoms with Gasteiger partial charge >= 0.3 is 0 Å². The van der Waals surface area contributed by atoms with E-state index < -0.39 is 17.5 Å². The summed E-state index contributed by atoms with van der Waals surface area (Å²) in [5.41, 5.74) is -0.308. The van der Waals surface area contributed by atoms with Crippen LogP contribution in [0.2, 0.25) is 0 Å². The van der Waals surface area contributed by atoms with Crippen LogP contribution in [0.1, 0.15) is 16.8 Å². The van der Waals surface area contributed by atoms with Crippen LogP contribution in [0.4, 0.5) is 8.78 Å². The number of carbonyl (C=O) groups excluding carboxylic acids is 1. The number of hydrogen-bond acceptors (Lipinski definition) is 2. The van der Waals surface area contributed by atoms with E-state index in [9.17, 15) is 13.6 Å². The molecule has 0 saturated carbocycles. The first-order valence-corrected chi connectivity index (χ1v) is 5.91. The molecule has 1 heterocycles. The fourth-order valence-corrected chi connectivity index (χ4v) is 2.14. The van der Waals surface area contributed by atoms with E-state index in [1.54, 1.807) is 0 Å². The maximum absolute atomic E-state index is 13.5. The lowest BCUT2D eigenvalue weighted by Gasteiger charge is -2.12. The Labute approximate surface area is 105 Å². The molecular weight excluding hydrogens is 296 g/mol. The van der Waals surface area contributed by atoms with Crippen LogP contribution in [0.3, 0.4) is 0 Å². The number of amides is 1. The molecule has 3 nitrogen and oxygen atoms in total. The normalized spacial score (nSPS) is 19.4. The lowest BCUT2D eigenvalue weighted by molar-refractivity contribution is 0.0924. The second-order valence-corrected chi connectivity index (χ2v) is 4.55. The molecule has 1 atom stereocenters. The number of rotatable bonds is 2. The van der Waals surface area contributed by atoms with Crippen LogP contribution >= 0.6 is 15.9 Å². The van der Waals surface area contributed by atoms with Gasteiger partial charge in [-0.15, -0.1) is 0 Å². The minimum atomic E-state index is -0.755. The molecule has 6 heteroatoms. The average molecular weight is 306 g/mol. The predicted octanol–water partition coefficient (Wildman–Crippen LogP) is 2.25. The fourth-order valence-electron chi connectivity index (χ4n) is 1.64. The van der Waals surface area contributed by atoms with Crippen molar-refractivity contribution in [1.29, 1.82) is 0 Å². The van der Waals surface area contributed by atoms with Crippen molar-refractivity contribution in [3.8, 4) is 0 Å². The summed E-state index contributed by atoms with van der Waals surface area (Å²) in [7, 11) is 0. The Balaban J connectivity index is 2.21. The molecule has 2 rings (SSSR count). The van der Waals surface area contributed by atoms with Gasteiger partial charge in [0.05, 0.1) is 22.7 Å². The number of carbonyl (C=O) groups is 1. The largest absolute Gasteiger partial charge is 0.379 e. The Morgan fingerprint density at radius 2 is 2.12 bits per heavy atom. The zero-order valence-corrected chi connectivity index (χ0v) is 10.4. The van der Waals surface area contributed by atoms with Crippen LogP contribution in [0.15, 0.2) is 16.6 Å². The van der Waals surface area contributed by atoms with Crippen LogP contribution in [-0.2, 0) is 4.74 Å². The van der Waals surface area contributed by atoms with E-state index in [2.05, 4.69) is 21.2 Å². The zero-order valence-electron chi connectivity index (χ0n) is 8.80. The van der Waals surface area contributed by atoms with Crippen molar-refractivity contribution < 1.29 is 18.3 Å². The highest BCUT2D eigenvalue weighted by Crippen LogP contribution is 2.23. The Hall–Kier alpha value is -1.01. The summed E-state index contributed by atoms with van der Waals surface area (Å²) in [6, 6.07) is 1.76. The summed E-state index contributed by atoms with van der Waals surface area (Å²) in [4.78, 5) is 11.8. The van der Waals surface area contributed by atoms with E-state index in [1.807, 2.05) is 0 Å². The van der Waals surface area contributed by atoms with Crippen LogP contribution in [-0.4, -0.2) is 25.2 Å². The molecule has 1 aliphatic heterocycles. The Morgan fingerprint density at radius 3 is 2.76 bits per heavy atom. The Kier molecular flexibility index (Phi) is 3.73. The molecule has 0 radical (unpaired) electrons. The minimum Gasteiger partial charge on any atom is -0.379 e. The monoisotopic (exact) mass is 305 g/mol. The van der Waals surface area contributed by atoms with Gasteiger partial charge in [-0.2, -0.15) is 0 Å². The highest BCUT2D eigenvalue weighted by Gasteiger charge is 2.23. The average Bonchev–Trinajstić information content (AvgIpc) is 2.77. The Morgan fingerprint density at radius 1 is 1.41 bits per heavy atom. The van der Waals surface area contributed by atoms with Gasteiger partial charge in [-0.25, -0.2) is 8.78 Å². The third-order valence-electron chi connectivity index (χ3n) is 2.54. The van der Waals surface area contributed by atoms with Crippen molar-refractivity contribution >= 4 is 21.8 Å². The van der Waals surface area contributed by atoms with Gasteiger partial charge in [0, 0.05) is 6.61 Å². The molecule has 92 valence electrons. The molecular formula is C11H10BrF2NO2. The van der Waals surface area contributed by atoms with Crippen molar-refractivity contribution in [2.45, 2.75) is 12.5 Å². The highest BCUT2D eigenvalue weighted by molar-refractivity contribution is 9.10. The molecule has 0 aliphatic carbocycles. The maximum atomic E-state index is 13.5. The third kappa shape index (κ3) is 2.63. The standard InChI is InChI=1S/C11H10BrF2NO2/c12-10-8(14)2-1-7(13)9(10)11(16)15-6-3-4-17-5-6/h1-2,6H,3-5H2,(H,15,16). The van der Waals surface area contributed by atoms with E-state index in [0.29, 0.717) is 19.6 Å². The zero-order chi connectivity index (χ0) is 12.4. The van der Waals surface area contributed by atoms with E-state index in [4.69, 9.17) is 4.74 Å². The molecule has 1 saturated heterocycles. The van der Waals surface area contributed by atoms with Gasteiger partial charge in [0.2, 0.25) is 0 Å². The molecule has 1 aromatic rings. The number of halogens is 3. The van der Waals surface area contributed by atoms with Crippen LogP contribution in [0, 0.1) is 11.6 Å². The van der Waals surface area contributed by atoms with E-state index in [-0.39, 0.29) is 16.1 Å². The third-order valence-corrected chi connectivity index (χ3v) is 3.31. The molecule has 17 heavy (non-hydrogen) atoms. The Bertz CT molecular complexity index is 447. The molecule has 1 fully saturated rings. The van der Waals surface area contributed by atoms with Gasteiger partial charge in [-0.3, -0.25) is 4.79 Å².